The number of hydrogen-bond acceptors (Lipinski definition) is 3. The molecule has 2 atom stereocenters. The van der Waals surface area contributed by atoms with Gasteiger partial charge in [-0.15, -0.1) is 0 Å². The third-order valence-corrected chi connectivity index (χ3v) is 3.73. The van der Waals surface area contributed by atoms with Crippen molar-refractivity contribution in [2.24, 2.45) is 0 Å². The van der Waals surface area contributed by atoms with E-state index in [2.05, 4.69) is 29.6 Å². The fraction of sp³-hybridized carbons (Fsp3) is 0.500. The number of hydrogen-bond donors (Lipinski definition) is 1. The lowest BCUT2D eigenvalue weighted by Crippen LogP contribution is -2.42. The zero-order valence-electron chi connectivity index (χ0n) is 12.5. The molecule has 0 aromatic heterocycles. The normalized spacial score (nSPS) is 20.9. The monoisotopic (exact) mass is 274 g/mol. The topological polar surface area (TPSA) is 49.4 Å². The Morgan fingerprint density at radius 1 is 1.15 bits per heavy atom. The van der Waals surface area contributed by atoms with Crippen molar-refractivity contribution in [3.05, 3.63) is 35.4 Å². The van der Waals surface area contributed by atoms with E-state index >= 15 is 0 Å². The van der Waals surface area contributed by atoms with E-state index in [4.69, 9.17) is 0 Å². The van der Waals surface area contributed by atoms with Crippen LogP contribution in [0.4, 0.5) is 0 Å². The Morgan fingerprint density at radius 3 is 2.25 bits per heavy atom. The van der Waals surface area contributed by atoms with E-state index in [1.807, 2.05) is 27.7 Å². The number of carbonyl (C=O) groups is 2. The van der Waals surface area contributed by atoms with E-state index in [0.717, 1.165) is 5.56 Å². The summed E-state index contributed by atoms with van der Waals surface area (Å²) in [5.41, 5.74) is 2.33. The lowest BCUT2D eigenvalue weighted by Gasteiger charge is -2.21. The second kappa shape index (κ2) is 5.75. The summed E-state index contributed by atoms with van der Waals surface area (Å²) in [6, 6.07) is 7.77. The number of amides is 2. The first-order valence-corrected chi connectivity index (χ1v) is 7.08. The molecule has 4 nitrogen and oxygen atoms in total. The van der Waals surface area contributed by atoms with Gasteiger partial charge in [-0.1, -0.05) is 29.8 Å². The molecule has 1 fully saturated rings. The van der Waals surface area contributed by atoms with Gasteiger partial charge in [0, 0.05) is 12.1 Å². The van der Waals surface area contributed by atoms with Crippen LogP contribution in [-0.4, -0.2) is 28.8 Å². The molecule has 0 aliphatic carbocycles. The molecule has 2 rings (SSSR count). The van der Waals surface area contributed by atoms with Crippen LogP contribution in [0, 0.1) is 6.92 Å². The maximum Gasteiger partial charge on any atom is 0.247 e. The maximum absolute atomic E-state index is 12.2. The Morgan fingerprint density at radius 2 is 1.75 bits per heavy atom. The smallest absolute Gasteiger partial charge is 0.247 e. The number of rotatable bonds is 4. The molecule has 1 saturated heterocycles. The van der Waals surface area contributed by atoms with E-state index < -0.39 is 6.04 Å². The number of carbonyl (C=O) groups excluding carboxylic acids is 2. The average molecular weight is 274 g/mol. The van der Waals surface area contributed by atoms with Crippen LogP contribution < -0.4 is 5.32 Å². The first-order valence-electron chi connectivity index (χ1n) is 7.08. The molecule has 4 heteroatoms. The molecule has 0 saturated carbocycles. The van der Waals surface area contributed by atoms with Gasteiger partial charge in [-0.3, -0.25) is 19.8 Å². The summed E-state index contributed by atoms with van der Waals surface area (Å²) < 4.78 is 0. The van der Waals surface area contributed by atoms with Gasteiger partial charge in [0.05, 0.1) is 12.5 Å². The number of nitrogens with zero attached hydrogens (tertiary/aromatic N) is 1. The maximum atomic E-state index is 12.2. The van der Waals surface area contributed by atoms with Gasteiger partial charge in [0.1, 0.15) is 0 Å². The second-order valence-electron chi connectivity index (χ2n) is 5.75. The molecular weight excluding hydrogens is 252 g/mol. The Hall–Kier alpha value is -1.68. The predicted molar refractivity (Wildman–Crippen MR) is 78.1 cm³/mol. The molecule has 108 valence electrons. The van der Waals surface area contributed by atoms with Gasteiger partial charge in [-0.05, 0) is 33.3 Å². The van der Waals surface area contributed by atoms with Crippen molar-refractivity contribution in [2.45, 2.75) is 52.2 Å². The highest BCUT2D eigenvalue weighted by Crippen LogP contribution is 2.20. The highest BCUT2D eigenvalue weighted by molar-refractivity contribution is 6.05. The summed E-state index contributed by atoms with van der Waals surface area (Å²) in [7, 11) is 0. The van der Waals surface area contributed by atoms with Crippen LogP contribution in [0.5, 0.6) is 0 Å². The van der Waals surface area contributed by atoms with Crippen molar-refractivity contribution >= 4 is 11.8 Å². The van der Waals surface area contributed by atoms with Crippen LogP contribution in [0.1, 0.15) is 44.4 Å². The third kappa shape index (κ3) is 2.90. The van der Waals surface area contributed by atoms with Crippen molar-refractivity contribution in [1.29, 1.82) is 0 Å². The Kier molecular flexibility index (Phi) is 4.23. The van der Waals surface area contributed by atoms with Crippen molar-refractivity contribution in [1.82, 2.24) is 10.2 Å². The van der Waals surface area contributed by atoms with Gasteiger partial charge in [0.15, 0.2) is 0 Å². The van der Waals surface area contributed by atoms with Crippen LogP contribution in [0.3, 0.4) is 0 Å². The minimum absolute atomic E-state index is 0.0458. The Bertz CT molecular complexity index is 508. The molecule has 1 heterocycles. The summed E-state index contributed by atoms with van der Waals surface area (Å²) in [5.74, 6) is -0.192. The van der Waals surface area contributed by atoms with Gasteiger partial charge < -0.3 is 0 Å². The van der Waals surface area contributed by atoms with Gasteiger partial charge in [0.2, 0.25) is 11.8 Å². The van der Waals surface area contributed by atoms with Crippen LogP contribution in [0.25, 0.3) is 0 Å². The SMILES string of the molecule is Cc1ccc(C(C)NC2CC(=O)N(C(C)C)C2=O)cc1. The molecule has 1 aliphatic heterocycles. The first kappa shape index (κ1) is 14.7. The van der Waals surface area contributed by atoms with Crippen LogP contribution in [0.2, 0.25) is 0 Å². The molecule has 1 aromatic rings. The largest absolute Gasteiger partial charge is 0.299 e. The molecule has 0 bridgehead atoms. The summed E-state index contributed by atoms with van der Waals surface area (Å²) in [6.45, 7) is 7.78. The van der Waals surface area contributed by atoms with Gasteiger partial charge in [0.25, 0.3) is 0 Å². The van der Waals surface area contributed by atoms with Crippen molar-refractivity contribution in [3.8, 4) is 0 Å². The second-order valence-corrected chi connectivity index (χ2v) is 5.75. The molecule has 0 spiro atoms. The number of aryl methyl sites for hydroxylation is 1. The molecule has 1 N–H and O–H groups in total. The Labute approximate surface area is 120 Å². The fourth-order valence-corrected chi connectivity index (χ4v) is 2.58. The van der Waals surface area contributed by atoms with E-state index in [-0.39, 0.29) is 30.3 Å². The van der Waals surface area contributed by atoms with E-state index in [1.165, 1.54) is 10.5 Å². The summed E-state index contributed by atoms with van der Waals surface area (Å²) in [4.78, 5) is 25.4. The molecule has 0 radical (unpaired) electrons. The third-order valence-electron chi connectivity index (χ3n) is 3.73. The lowest BCUT2D eigenvalue weighted by molar-refractivity contribution is -0.140. The first-order chi connectivity index (χ1) is 9.40. The van der Waals surface area contributed by atoms with Crippen molar-refractivity contribution < 1.29 is 9.59 Å². The zero-order chi connectivity index (χ0) is 14.9. The van der Waals surface area contributed by atoms with Crippen molar-refractivity contribution in [3.63, 3.8) is 0 Å². The van der Waals surface area contributed by atoms with Gasteiger partial charge in [-0.2, -0.15) is 0 Å². The standard InChI is InChI=1S/C16H22N2O2/c1-10(2)18-15(19)9-14(16(18)20)17-12(4)13-7-5-11(3)6-8-13/h5-8,10,12,14,17H,9H2,1-4H3. The number of likely N-dealkylation sites (tertiary alicyclic amines) is 1. The number of imide groups is 1. The molecule has 2 unspecified atom stereocenters. The molecule has 2 amide bonds. The summed E-state index contributed by atoms with van der Waals surface area (Å²) >= 11 is 0. The fourth-order valence-electron chi connectivity index (χ4n) is 2.58. The predicted octanol–water partition coefficient (Wildman–Crippen LogP) is 2.18. The van der Waals surface area contributed by atoms with Crippen molar-refractivity contribution in [2.75, 3.05) is 0 Å². The van der Waals surface area contributed by atoms with Crippen LogP contribution in [-0.2, 0) is 9.59 Å². The minimum atomic E-state index is -0.402. The lowest BCUT2D eigenvalue weighted by atomic mass is 10.1. The quantitative estimate of drug-likeness (QED) is 0.856. The van der Waals surface area contributed by atoms with E-state index in [0.29, 0.717) is 0 Å². The van der Waals surface area contributed by atoms with Crippen LogP contribution in [0.15, 0.2) is 24.3 Å². The average Bonchev–Trinajstić information content (AvgIpc) is 2.65. The zero-order valence-corrected chi connectivity index (χ0v) is 12.5. The molecule has 20 heavy (non-hydrogen) atoms. The molecular formula is C16H22N2O2. The minimum Gasteiger partial charge on any atom is -0.299 e. The summed E-state index contributed by atoms with van der Waals surface area (Å²) in [5, 5.41) is 3.27. The molecule has 1 aliphatic rings. The number of nitrogens with one attached hydrogen (secondary N) is 1. The van der Waals surface area contributed by atoms with Gasteiger partial charge >= 0.3 is 0 Å². The molecule has 1 aromatic carbocycles. The van der Waals surface area contributed by atoms with E-state index in [1.54, 1.807) is 0 Å². The summed E-state index contributed by atoms with van der Waals surface area (Å²) in [6.07, 6.45) is 0.257. The highest BCUT2D eigenvalue weighted by Gasteiger charge is 2.40. The van der Waals surface area contributed by atoms with Gasteiger partial charge in [-0.25, -0.2) is 0 Å². The number of benzene rings is 1. The van der Waals surface area contributed by atoms with Crippen LogP contribution >= 0.6 is 0 Å². The Balaban J connectivity index is 2.05. The van der Waals surface area contributed by atoms with E-state index in [9.17, 15) is 9.59 Å². The highest BCUT2D eigenvalue weighted by atomic mass is 16.2.